The van der Waals surface area contributed by atoms with E-state index >= 15 is 0 Å². The molecule has 2 heterocycles. The van der Waals surface area contributed by atoms with Gasteiger partial charge in [0.05, 0.1) is 16.7 Å². The smallest absolute Gasteiger partial charge is 0.0794 e. The molecule has 3 aromatic rings. The molecule has 0 amide bonds. The third kappa shape index (κ3) is 2.97. The van der Waals surface area contributed by atoms with Crippen molar-refractivity contribution in [3.8, 4) is 0 Å². The van der Waals surface area contributed by atoms with Crippen molar-refractivity contribution in [1.82, 2.24) is 15.3 Å². The number of benzene rings is 1. The highest BCUT2D eigenvalue weighted by Gasteiger charge is 2.01. The second-order valence-corrected chi connectivity index (χ2v) is 5.12. The van der Waals surface area contributed by atoms with Gasteiger partial charge in [-0.15, -0.1) is 11.3 Å². The van der Waals surface area contributed by atoms with Crippen LogP contribution in [0, 0.1) is 0 Å². The highest BCUT2D eigenvalue weighted by molar-refractivity contribution is 7.07. The summed E-state index contributed by atoms with van der Waals surface area (Å²) < 4.78 is 0. The molecule has 0 saturated carbocycles. The SMILES string of the molecule is c1cnc2c(CNCCc3cscn3)cccc2c1. The lowest BCUT2D eigenvalue weighted by Gasteiger charge is -2.06. The first kappa shape index (κ1) is 12.3. The van der Waals surface area contributed by atoms with Crippen LogP contribution in [0.1, 0.15) is 11.3 Å². The number of pyridine rings is 1. The molecule has 0 fully saturated rings. The van der Waals surface area contributed by atoms with E-state index in [1.54, 1.807) is 11.3 Å². The van der Waals surface area contributed by atoms with Crippen molar-refractivity contribution in [2.45, 2.75) is 13.0 Å². The maximum Gasteiger partial charge on any atom is 0.0794 e. The van der Waals surface area contributed by atoms with Crippen molar-refractivity contribution in [1.29, 1.82) is 0 Å². The third-order valence-corrected chi connectivity index (χ3v) is 3.71. The van der Waals surface area contributed by atoms with Gasteiger partial charge in [-0.05, 0) is 11.6 Å². The predicted molar refractivity (Wildman–Crippen MR) is 79.3 cm³/mol. The molecule has 0 bridgehead atoms. The minimum Gasteiger partial charge on any atom is -0.312 e. The van der Waals surface area contributed by atoms with Gasteiger partial charge >= 0.3 is 0 Å². The highest BCUT2D eigenvalue weighted by atomic mass is 32.1. The number of thiazole rings is 1. The molecule has 4 heteroatoms. The average Bonchev–Trinajstić information content (AvgIpc) is 2.97. The van der Waals surface area contributed by atoms with Gasteiger partial charge in [-0.2, -0.15) is 0 Å². The highest BCUT2D eigenvalue weighted by Crippen LogP contribution is 2.15. The van der Waals surface area contributed by atoms with Gasteiger partial charge in [0.2, 0.25) is 0 Å². The van der Waals surface area contributed by atoms with Crippen LogP contribution in [0.15, 0.2) is 47.4 Å². The number of fused-ring (bicyclic) bond motifs is 1. The molecule has 0 aliphatic heterocycles. The summed E-state index contributed by atoms with van der Waals surface area (Å²) in [4.78, 5) is 8.74. The van der Waals surface area contributed by atoms with Crippen molar-refractivity contribution in [2.75, 3.05) is 6.54 Å². The van der Waals surface area contributed by atoms with Crippen LogP contribution in [-0.2, 0) is 13.0 Å². The monoisotopic (exact) mass is 269 g/mol. The number of aromatic nitrogens is 2. The second-order valence-electron chi connectivity index (χ2n) is 4.40. The van der Waals surface area contributed by atoms with Crippen LogP contribution < -0.4 is 5.32 Å². The standard InChI is InChI=1S/C15H15N3S/c1-3-12-5-2-7-17-15(12)13(4-1)9-16-8-6-14-10-19-11-18-14/h1-5,7,10-11,16H,6,8-9H2. The molecule has 19 heavy (non-hydrogen) atoms. The van der Waals surface area contributed by atoms with Crippen LogP contribution in [0.4, 0.5) is 0 Å². The summed E-state index contributed by atoms with van der Waals surface area (Å²) in [5, 5.41) is 6.75. The van der Waals surface area contributed by atoms with Crippen LogP contribution in [0.5, 0.6) is 0 Å². The zero-order valence-electron chi connectivity index (χ0n) is 10.5. The molecule has 3 nitrogen and oxygen atoms in total. The lowest BCUT2D eigenvalue weighted by atomic mass is 10.1. The lowest BCUT2D eigenvalue weighted by molar-refractivity contribution is 0.683. The number of nitrogens with one attached hydrogen (secondary N) is 1. The summed E-state index contributed by atoms with van der Waals surface area (Å²) in [5.41, 5.74) is 5.38. The normalized spacial score (nSPS) is 10.9. The van der Waals surface area contributed by atoms with Crippen molar-refractivity contribution < 1.29 is 0 Å². The fourth-order valence-corrected chi connectivity index (χ4v) is 2.70. The van der Waals surface area contributed by atoms with E-state index in [1.807, 2.05) is 17.8 Å². The zero-order valence-corrected chi connectivity index (χ0v) is 11.4. The minimum absolute atomic E-state index is 0.846. The van der Waals surface area contributed by atoms with E-state index in [0.717, 1.165) is 30.7 Å². The van der Waals surface area contributed by atoms with Crippen LogP contribution in [0.2, 0.25) is 0 Å². The Morgan fingerprint density at radius 1 is 1.11 bits per heavy atom. The number of hydrogen-bond acceptors (Lipinski definition) is 4. The van der Waals surface area contributed by atoms with Crippen molar-refractivity contribution in [2.24, 2.45) is 0 Å². The molecule has 1 N–H and O–H groups in total. The fraction of sp³-hybridized carbons (Fsp3) is 0.200. The Labute approximate surface area is 116 Å². The quantitative estimate of drug-likeness (QED) is 0.723. The first-order valence-corrected chi connectivity index (χ1v) is 7.28. The fourth-order valence-electron chi connectivity index (χ4n) is 2.11. The maximum absolute atomic E-state index is 4.46. The first-order valence-electron chi connectivity index (χ1n) is 6.34. The van der Waals surface area contributed by atoms with E-state index in [9.17, 15) is 0 Å². The lowest BCUT2D eigenvalue weighted by Crippen LogP contribution is -2.17. The molecule has 0 aliphatic rings. The average molecular weight is 269 g/mol. The van der Waals surface area contributed by atoms with Crippen molar-refractivity contribution in [3.05, 3.63) is 58.7 Å². The van der Waals surface area contributed by atoms with Gasteiger partial charge in [-0.25, -0.2) is 4.98 Å². The summed E-state index contributed by atoms with van der Waals surface area (Å²) >= 11 is 1.65. The van der Waals surface area contributed by atoms with Gasteiger partial charge in [-0.3, -0.25) is 4.98 Å². The zero-order chi connectivity index (χ0) is 12.9. The number of para-hydroxylation sites is 1. The van der Waals surface area contributed by atoms with Gasteiger partial charge in [-0.1, -0.05) is 24.3 Å². The van der Waals surface area contributed by atoms with Gasteiger partial charge in [0.25, 0.3) is 0 Å². The largest absolute Gasteiger partial charge is 0.312 e. The van der Waals surface area contributed by atoms with Gasteiger partial charge in [0, 0.05) is 36.5 Å². The summed E-state index contributed by atoms with van der Waals surface area (Å²) in [6.45, 7) is 1.78. The first-order chi connectivity index (χ1) is 9.43. The molecule has 0 aliphatic carbocycles. The Balaban J connectivity index is 1.62. The molecule has 0 saturated heterocycles. The summed E-state index contributed by atoms with van der Waals surface area (Å²) in [6.07, 6.45) is 2.82. The minimum atomic E-state index is 0.846. The second kappa shape index (κ2) is 5.91. The van der Waals surface area contributed by atoms with Crippen molar-refractivity contribution in [3.63, 3.8) is 0 Å². The topological polar surface area (TPSA) is 37.8 Å². The summed E-state index contributed by atoms with van der Waals surface area (Å²) in [5.74, 6) is 0. The third-order valence-electron chi connectivity index (χ3n) is 3.07. The molecule has 0 radical (unpaired) electrons. The Morgan fingerprint density at radius 2 is 2.05 bits per heavy atom. The number of nitrogens with zero attached hydrogens (tertiary/aromatic N) is 2. The molecule has 0 unspecified atom stereocenters. The van der Waals surface area contributed by atoms with Gasteiger partial charge in [0.1, 0.15) is 0 Å². The maximum atomic E-state index is 4.46. The van der Waals surface area contributed by atoms with Crippen LogP contribution in [0.3, 0.4) is 0 Å². The summed E-state index contributed by atoms with van der Waals surface area (Å²) in [7, 11) is 0. The molecular weight excluding hydrogens is 254 g/mol. The number of hydrogen-bond donors (Lipinski definition) is 1. The Kier molecular flexibility index (Phi) is 3.81. The Hall–Kier alpha value is -1.78. The molecular formula is C15H15N3S. The predicted octanol–water partition coefficient (Wildman–Crippen LogP) is 3.02. The van der Waals surface area contributed by atoms with E-state index in [1.165, 1.54) is 10.9 Å². The van der Waals surface area contributed by atoms with Crippen molar-refractivity contribution >= 4 is 22.2 Å². The molecule has 2 aromatic heterocycles. The van der Waals surface area contributed by atoms with Gasteiger partial charge in [0.15, 0.2) is 0 Å². The van der Waals surface area contributed by atoms with Gasteiger partial charge < -0.3 is 5.32 Å². The number of rotatable bonds is 5. The molecule has 96 valence electrons. The van der Waals surface area contributed by atoms with E-state index in [2.05, 4.69) is 44.9 Å². The van der Waals surface area contributed by atoms with Crippen LogP contribution in [0.25, 0.3) is 10.9 Å². The van der Waals surface area contributed by atoms with E-state index in [4.69, 9.17) is 0 Å². The molecule has 3 rings (SSSR count). The molecule has 1 aromatic carbocycles. The van der Waals surface area contributed by atoms with E-state index in [-0.39, 0.29) is 0 Å². The summed E-state index contributed by atoms with van der Waals surface area (Å²) in [6, 6.07) is 10.4. The van der Waals surface area contributed by atoms with E-state index in [0.29, 0.717) is 0 Å². The Morgan fingerprint density at radius 3 is 2.95 bits per heavy atom. The van der Waals surface area contributed by atoms with Crippen LogP contribution in [-0.4, -0.2) is 16.5 Å². The Bertz CT molecular complexity index is 644. The van der Waals surface area contributed by atoms with Crippen LogP contribution >= 0.6 is 11.3 Å². The van der Waals surface area contributed by atoms with E-state index < -0.39 is 0 Å². The molecule has 0 spiro atoms. The molecule has 0 atom stereocenters.